The summed E-state index contributed by atoms with van der Waals surface area (Å²) in [6.07, 6.45) is -0.742. The third-order valence-corrected chi connectivity index (χ3v) is 3.64. The molecule has 0 fully saturated rings. The summed E-state index contributed by atoms with van der Waals surface area (Å²) in [6.45, 7) is 2.08. The van der Waals surface area contributed by atoms with Crippen molar-refractivity contribution in [3.63, 3.8) is 0 Å². The number of rotatable bonds is 5. The highest BCUT2D eigenvalue weighted by molar-refractivity contribution is 5.90. The third kappa shape index (κ3) is 4.72. The standard InChI is InChI=1S/C18H23N3O2/c1-13-6-4-5-7-16(13)20-18(23)19-12-17(22)14-8-10-15(11-9-14)21(2)3/h4-11,17,22H,12H2,1-3H3,(H2,19,20,23)/t17-/m0/s1. The predicted octanol–water partition coefficient (Wildman–Crippen LogP) is 2.92. The number of carbonyl (C=O) groups is 1. The van der Waals surface area contributed by atoms with Gasteiger partial charge in [-0.25, -0.2) is 4.79 Å². The first kappa shape index (κ1) is 16.8. The Balaban J connectivity index is 1.87. The molecule has 122 valence electrons. The summed E-state index contributed by atoms with van der Waals surface area (Å²) in [6, 6.07) is 14.8. The first-order chi connectivity index (χ1) is 11.0. The summed E-state index contributed by atoms with van der Waals surface area (Å²) in [7, 11) is 3.92. The Morgan fingerprint density at radius 1 is 1.13 bits per heavy atom. The fourth-order valence-electron chi connectivity index (χ4n) is 2.18. The molecule has 2 rings (SSSR count). The van der Waals surface area contributed by atoms with Gasteiger partial charge in [0.1, 0.15) is 0 Å². The Morgan fingerprint density at radius 2 is 1.78 bits per heavy atom. The molecule has 0 saturated carbocycles. The van der Waals surface area contributed by atoms with Crippen LogP contribution in [0.25, 0.3) is 0 Å². The number of aliphatic hydroxyl groups excluding tert-OH is 1. The minimum Gasteiger partial charge on any atom is -0.387 e. The number of aryl methyl sites for hydroxylation is 1. The lowest BCUT2D eigenvalue weighted by molar-refractivity contribution is 0.175. The van der Waals surface area contributed by atoms with Gasteiger partial charge in [-0.3, -0.25) is 0 Å². The molecule has 2 amide bonds. The van der Waals surface area contributed by atoms with Crippen LogP contribution in [-0.4, -0.2) is 31.8 Å². The number of nitrogens with one attached hydrogen (secondary N) is 2. The summed E-state index contributed by atoms with van der Waals surface area (Å²) in [5.74, 6) is 0. The number of para-hydroxylation sites is 1. The molecule has 0 aromatic heterocycles. The number of hydrogen-bond acceptors (Lipinski definition) is 3. The lowest BCUT2D eigenvalue weighted by Gasteiger charge is -2.16. The van der Waals surface area contributed by atoms with Crippen molar-refractivity contribution >= 4 is 17.4 Å². The van der Waals surface area contributed by atoms with Gasteiger partial charge in [-0.15, -0.1) is 0 Å². The van der Waals surface area contributed by atoms with Gasteiger partial charge in [-0.1, -0.05) is 30.3 Å². The highest BCUT2D eigenvalue weighted by Crippen LogP contribution is 2.17. The van der Waals surface area contributed by atoms with Crippen LogP contribution in [0.2, 0.25) is 0 Å². The van der Waals surface area contributed by atoms with E-state index in [0.29, 0.717) is 0 Å². The average molecular weight is 313 g/mol. The number of amides is 2. The van der Waals surface area contributed by atoms with E-state index in [1.54, 1.807) is 0 Å². The molecule has 0 aliphatic heterocycles. The molecule has 0 saturated heterocycles. The van der Waals surface area contributed by atoms with Crippen molar-refractivity contribution in [2.45, 2.75) is 13.0 Å². The second-order valence-electron chi connectivity index (χ2n) is 5.65. The SMILES string of the molecule is Cc1ccccc1NC(=O)NC[C@H](O)c1ccc(N(C)C)cc1. The fraction of sp³-hybridized carbons (Fsp3) is 0.278. The van der Waals surface area contributed by atoms with Crippen molar-refractivity contribution < 1.29 is 9.90 Å². The van der Waals surface area contributed by atoms with Gasteiger partial charge in [0, 0.05) is 32.0 Å². The molecule has 0 aliphatic carbocycles. The first-order valence-electron chi connectivity index (χ1n) is 7.53. The minimum atomic E-state index is -0.742. The van der Waals surface area contributed by atoms with E-state index in [2.05, 4.69) is 10.6 Å². The van der Waals surface area contributed by atoms with Crippen LogP contribution in [0.3, 0.4) is 0 Å². The van der Waals surface area contributed by atoms with Gasteiger partial charge >= 0.3 is 6.03 Å². The van der Waals surface area contributed by atoms with Crippen molar-refractivity contribution in [2.24, 2.45) is 0 Å². The maximum atomic E-state index is 11.9. The molecule has 5 nitrogen and oxygen atoms in total. The first-order valence-corrected chi connectivity index (χ1v) is 7.53. The summed E-state index contributed by atoms with van der Waals surface area (Å²) in [5.41, 5.74) is 3.58. The average Bonchev–Trinajstić information content (AvgIpc) is 2.55. The smallest absolute Gasteiger partial charge is 0.319 e. The molecule has 2 aromatic rings. The van der Waals surface area contributed by atoms with Crippen LogP contribution in [0.1, 0.15) is 17.2 Å². The highest BCUT2D eigenvalue weighted by Gasteiger charge is 2.10. The van der Waals surface area contributed by atoms with E-state index in [1.165, 1.54) is 0 Å². The molecular weight excluding hydrogens is 290 g/mol. The van der Waals surface area contributed by atoms with E-state index in [4.69, 9.17) is 0 Å². The van der Waals surface area contributed by atoms with Crippen LogP contribution in [0, 0.1) is 6.92 Å². The number of anilines is 2. The third-order valence-electron chi connectivity index (χ3n) is 3.64. The van der Waals surface area contributed by atoms with E-state index >= 15 is 0 Å². The molecule has 0 spiro atoms. The summed E-state index contributed by atoms with van der Waals surface area (Å²) in [5, 5.41) is 15.6. The zero-order valence-corrected chi connectivity index (χ0v) is 13.7. The summed E-state index contributed by atoms with van der Waals surface area (Å²) in [4.78, 5) is 13.9. The Hall–Kier alpha value is -2.53. The minimum absolute atomic E-state index is 0.152. The predicted molar refractivity (Wildman–Crippen MR) is 93.9 cm³/mol. The molecule has 0 aliphatic rings. The van der Waals surface area contributed by atoms with E-state index < -0.39 is 6.10 Å². The molecular formula is C18H23N3O2. The molecule has 2 aromatic carbocycles. The second kappa shape index (κ2) is 7.65. The van der Waals surface area contributed by atoms with E-state index in [1.807, 2.05) is 74.4 Å². The molecule has 23 heavy (non-hydrogen) atoms. The second-order valence-corrected chi connectivity index (χ2v) is 5.65. The molecule has 0 heterocycles. The van der Waals surface area contributed by atoms with Gasteiger partial charge in [0.05, 0.1) is 6.10 Å². The van der Waals surface area contributed by atoms with Gasteiger partial charge in [0.15, 0.2) is 0 Å². The monoisotopic (exact) mass is 313 g/mol. The van der Waals surface area contributed by atoms with Gasteiger partial charge in [-0.05, 0) is 36.2 Å². The Morgan fingerprint density at radius 3 is 2.39 bits per heavy atom. The van der Waals surface area contributed by atoms with Crippen molar-refractivity contribution in [3.05, 3.63) is 59.7 Å². The fourth-order valence-corrected chi connectivity index (χ4v) is 2.18. The van der Waals surface area contributed by atoms with Crippen LogP contribution in [0.5, 0.6) is 0 Å². The number of benzene rings is 2. The molecule has 5 heteroatoms. The summed E-state index contributed by atoms with van der Waals surface area (Å²) < 4.78 is 0. The molecule has 3 N–H and O–H groups in total. The largest absolute Gasteiger partial charge is 0.387 e. The number of urea groups is 1. The Bertz CT molecular complexity index is 654. The van der Waals surface area contributed by atoms with E-state index in [-0.39, 0.29) is 12.6 Å². The number of carbonyl (C=O) groups excluding carboxylic acids is 1. The Labute approximate surface area is 136 Å². The number of hydrogen-bond donors (Lipinski definition) is 3. The van der Waals surface area contributed by atoms with E-state index in [0.717, 1.165) is 22.5 Å². The maximum absolute atomic E-state index is 11.9. The van der Waals surface area contributed by atoms with Crippen LogP contribution in [0.4, 0.5) is 16.2 Å². The van der Waals surface area contributed by atoms with Crippen LogP contribution in [0.15, 0.2) is 48.5 Å². The number of nitrogens with zero attached hydrogens (tertiary/aromatic N) is 1. The molecule has 1 atom stereocenters. The topological polar surface area (TPSA) is 64.6 Å². The quantitative estimate of drug-likeness (QED) is 0.795. The van der Waals surface area contributed by atoms with Gasteiger partial charge in [0.25, 0.3) is 0 Å². The normalized spacial score (nSPS) is 11.7. The van der Waals surface area contributed by atoms with Crippen molar-refractivity contribution in [1.82, 2.24) is 5.32 Å². The zero-order chi connectivity index (χ0) is 16.8. The van der Waals surface area contributed by atoms with Crippen molar-refractivity contribution in [1.29, 1.82) is 0 Å². The van der Waals surface area contributed by atoms with Crippen LogP contribution < -0.4 is 15.5 Å². The van der Waals surface area contributed by atoms with E-state index in [9.17, 15) is 9.90 Å². The summed E-state index contributed by atoms with van der Waals surface area (Å²) >= 11 is 0. The molecule has 0 radical (unpaired) electrons. The van der Waals surface area contributed by atoms with Crippen LogP contribution in [-0.2, 0) is 0 Å². The van der Waals surface area contributed by atoms with Crippen molar-refractivity contribution in [2.75, 3.05) is 30.9 Å². The lowest BCUT2D eigenvalue weighted by Crippen LogP contribution is -2.32. The van der Waals surface area contributed by atoms with Gasteiger partial charge in [-0.2, -0.15) is 0 Å². The van der Waals surface area contributed by atoms with Gasteiger partial charge in [0.2, 0.25) is 0 Å². The lowest BCUT2D eigenvalue weighted by atomic mass is 10.1. The molecule has 0 unspecified atom stereocenters. The van der Waals surface area contributed by atoms with Crippen LogP contribution >= 0.6 is 0 Å². The van der Waals surface area contributed by atoms with Crippen molar-refractivity contribution in [3.8, 4) is 0 Å². The maximum Gasteiger partial charge on any atom is 0.319 e. The zero-order valence-electron chi connectivity index (χ0n) is 13.7. The van der Waals surface area contributed by atoms with Gasteiger partial charge < -0.3 is 20.6 Å². The Kier molecular flexibility index (Phi) is 5.60. The molecule has 0 bridgehead atoms. The number of aliphatic hydroxyl groups is 1. The highest BCUT2D eigenvalue weighted by atomic mass is 16.3.